The number of hydrogen-bond donors (Lipinski definition) is 0. The van der Waals surface area contributed by atoms with Crippen molar-refractivity contribution < 1.29 is 0 Å². The van der Waals surface area contributed by atoms with Gasteiger partial charge in [-0.2, -0.15) is 0 Å². The van der Waals surface area contributed by atoms with Crippen molar-refractivity contribution in [2.24, 2.45) is 15.9 Å². The molecule has 0 heterocycles. The Morgan fingerprint density at radius 3 is 2.50 bits per heavy atom. The van der Waals surface area contributed by atoms with Crippen molar-refractivity contribution in [2.75, 3.05) is 7.05 Å². The van der Waals surface area contributed by atoms with E-state index in [0.29, 0.717) is 5.92 Å². The van der Waals surface area contributed by atoms with Gasteiger partial charge in [0.1, 0.15) is 6.34 Å². The third-order valence-corrected chi connectivity index (χ3v) is 1.16. The van der Waals surface area contributed by atoms with E-state index in [-0.39, 0.29) is 0 Å². The van der Waals surface area contributed by atoms with Crippen LogP contribution in [0.3, 0.4) is 0 Å². The first-order chi connectivity index (χ1) is 4.68. The first-order valence-corrected chi connectivity index (χ1v) is 3.31. The van der Waals surface area contributed by atoms with Crippen molar-refractivity contribution in [1.82, 2.24) is 0 Å². The van der Waals surface area contributed by atoms with E-state index in [1.807, 2.05) is 0 Å². The fourth-order valence-electron chi connectivity index (χ4n) is 0.345. The lowest BCUT2D eigenvalue weighted by Gasteiger charge is -1.99. The van der Waals surface area contributed by atoms with Gasteiger partial charge in [0.2, 0.25) is 0 Å². The minimum Gasteiger partial charge on any atom is -0.277 e. The zero-order chi connectivity index (χ0) is 7.98. The van der Waals surface area contributed by atoms with Gasteiger partial charge < -0.3 is 0 Å². The second-order valence-electron chi connectivity index (χ2n) is 2.38. The Morgan fingerprint density at radius 1 is 1.50 bits per heavy atom. The molecule has 0 bridgehead atoms. The van der Waals surface area contributed by atoms with Gasteiger partial charge in [0.05, 0.1) is 0 Å². The Kier molecular flexibility index (Phi) is 4.46. The van der Waals surface area contributed by atoms with E-state index in [4.69, 9.17) is 0 Å². The molecule has 0 saturated carbocycles. The summed E-state index contributed by atoms with van der Waals surface area (Å²) in [7, 11) is 1.69. The first-order valence-electron chi connectivity index (χ1n) is 3.31. The van der Waals surface area contributed by atoms with Gasteiger partial charge in [0, 0.05) is 13.3 Å². The predicted octanol–water partition coefficient (Wildman–Crippen LogP) is 1.93. The second-order valence-corrected chi connectivity index (χ2v) is 2.38. The molecule has 0 saturated heterocycles. The quantitative estimate of drug-likeness (QED) is 0.420. The molecule has 0 N–H and O–H groups in total. The number of aliphatic imine (C=N–C) groups is 2. The SMILES string of the molecule is C=C(C=NC=NC)C(C)C. The fourth-order valence-corrected chi connectivity index (χ4v) is 0.345. The molecule has 0 fully saturated rings. The lowest BCUT2D eigenvalue weighted by molar-refractivity contribution is 0.810. The Labute approximate surface area is 62.4 Å². The molecule has 0 amide bonds. The third-order valence-electron chi connectivity index (χ3n) is 1.16. The topological polar surface area (TPSA) is 24.7 Å². The maximum atomic E-state index is 3.89. The van der Waals surface area contributed by atoms with Crippen molar-refractivity contribution in [3.63, 3.8) is 0 Å². The molecule has 0 aromatic rings. The number of allylic oxidation sites excluding steroid dienone is 1. The zero-order valence-electron chi connectivity index (χ0n) is 6.83. The molecule has 0 aliphatic carbocycles. The van der Waals surface area contributed by atoms with Crippen molar-refractivity contribution >= 4 is 12.6 Å². The molecule has 56 valence electrons. The molecule has 0 radical (unpaired) electrons. The molecular formula is C8H14N2. The molecule has 0 aromatic heterocycles. The van der Waals surface area contributed by atoms with E-state index in [1.165, 1.54) is 6.34 Å². The van der Waals surface area contributed by atoms with Gasteiger partial charge in [-0.15, -0.1) is 0 Å². The van der Waals surface area contributed by atoms with Crippen LogP contribution in [0.15, 0.2) is 22.1 Å². The minimum absolute atomic E-state index is 0.467. The Morgan fingerprint density at radius 2 is 2.10 bits per heavy atom. The van der Waals surface area contributed by atoms with Gasteiger partial charge in [-0.25, -0.2) is 4.99 Å². The highest BCUT2D eigenvalue weighted by Crippen LogP contribution is 2.02. The molecule has 2 heteroatoms. The molecule has 0 aliphatic heterocycles. The van der Waals surface area contributed by atoms with Crippen LogP contribution in [0, 0.1) is 5.92 Å². The van der Waals surface area contributed by atoms with Crippen molar-refractivity contribution in [1.29, 1.82) is 0 Å². The zero-order valence-corrected chi connectivity index (χ0v) is 6.83. The van der Waals surface area contributed by atoms with Gasteiger partial charge in [-0.1, -0.05) is 20.4 Å². The summed E-state index contributed by atoms with van der Waals surface area (Å²) in [6.07, 6.45) is 3.24. The summed E-state index contributed by atoms with van der Waals surface area (Å²) >= 11 is 0. The number of hydrogen-bond acceptors (Lipinski definition) is 1. The number of nitrogens with zero attached hydrogens (tertiary/aromatic N) is 2. The van der Waals surface area contributed by atoms with Crippen molar-refractivity contribution in [2.45, 2.75) is 13.8 Å². The lowest BCUT2D eigenvalue weighted by Crippen LogP contribution is -1.92. The van der Waals surface area contributed by atoms with Crippen LogP contribution in [-0.4, -0.2) is 19.6 Å². The maximum Gasteiger partial charge on any atom is 0.109 e. The van der Waals surface area contributed by atoms with Gasteiger partial charge in [0.15, 0.2) is 0 Å². The van der Waals surface area contributed by atoms with E-state index in [2.05, 4.69) is 30.4 Å². The van der Waals surface area contributed by atoms with Gasteiger partial charge in [-0.05, 0) is 11.5 Å². The van der Waals surface area contributed by atoms with Crippen molar-refractivity contribution in [3.8, 4) is 0 Å². The standard InChI is InChI=1S/C8H14N2/c1-7(2)8(3)5-10-6-9-4/h5-7H,3H2,1-2,4H3. The molecule has 0 spiro atoms. The number of rotatable bonds is 3. The Bertz CT molecular complexity index is 155. The first kappa shape index (κ1) is 9.08. The highest BCUT2D eigenvalue weighted by Gasteiger charge is 1.93. The minimum atomic E-state index is 0.467. The third kappa shape index (κ3) is 4.01. The van der Waals surface area contributed by atoms with Crippen LogP contribution in [0.25, 0.3) is 0 Å². The summed E-state index contributed by atoms with van der Waals surface area (Å²) in [6.45, 7) is 7.98. The summed E-state index contributed by atoms with van der Waals surface area (Å²) in [6, 6.07) is 0. The summed E-state index contributed by atoms with van der Waals surface area (Å²) < 4.78 is 0. The summed E-state index contributed by atoms with van der Waals surface area (Å²) in [5.41, 5.74) is 1.03. The molecule has 0 atom stereocenters. The van der Waals surface area contributed by atoms with E-state index in [0.717, 1.165) is 5.57 Å². The lowest BCUT2D eigenvalue weighted by atomic mass is 10.1. The smallest absolute Gasteiger partial charge is 0.109 e. The van der Waals surface area contributed by atoms with Crippen LogP contribution in [0.5, 0.6) is 0 Å². The fraction of sp³-hybridized carbons (Fsp3) is 0.500. The molecule has 0 rings (SSSR count). The normalized spacial score (nSPS) is 12.0. The predicted molar refractivity (Wildman–Crippen MR) is 46.9 cm³/mol. The second kappa shape index (κ2) is 4.91. The highest BCUT2D eigenvalue weighted by molar-refractivity contribution is 5.84. The Balaban J connectivity index is 3.78. The summed E-state index contributed by atoms with van der Waals surface area (Å²) in [4.78, 5) is 7.60. The van der Waals surface area contributed by atoms with Crippen LogP contribution >= 0.6 is 0 Å². The molecular weight excluding hydrogens is 124 g/mol. The van der Waals surface area contributed by atoms with Crippen LogP contribution in [-0.2, 0) is 0 Å². The van der Waals surface area contributed by atoms with Gasteiger partial charge in [0.25, 0.3) is 0 Å². The average molecular weight is 138 g/mol. The maximum absolute atomic E-state index is 3.89. The van der Waals surface area contributed by atoms with Gasteiger partial charge in [-0.3, -0.25) is 4.99 Å². The molecule has 0 unspecified atom stereocenters. The average Bonchev–Trinajstić information content (AvgIpc) is 1.88. The molecule has 0 aromatic carbocycles. The van der Waals surface area contributed by atoms with Crippen LogP contribution in [0.4, 0.5) is 0 Å². The molecule has 2 nitrogen and oxygen atoms in total. The van der Waals surface area contributed by atoms with Gasteiger partial charge >= 0.3 is 0 Å². The van der Waals surface area contributed by atoms with E-state index < -0.39 is 0 Å². The Hall–Kier alpha value is -0.920. The van der Waals surface area contributed by atoms with Crippen LogP contribution in [0.2, 0.25) is 0 Å². The van der Waals surface area contributed by atoms with E-state index in [1.54, 1.807) is 13.3 Å². The highest BCUT2D eigenvalue weighted by atomic mass is 14.8. The summed E-state index contributed by atoms with van der Waals surface area (Å²) in [5.74, 6) is 0.467. The molecule has 0 aliphatic rings. The van der Waals surface area contributed by atoms with Crippen LogP contribution in [0.1, 0.15) is 13.8 Å². The van der Waals surface area contributed by atoms with E-state index in [9.17, 15) is 0 Å². The monoisotopic (exact) mass is 138 g/mol. The largest absolute Gasteiger partial charge is 0.277 e. The molecule has 10 heavy (non-hydrogen) atoms. The van der Waals surface area contributed by atoms with Crippen LogP contribution < -0.4 is 0 Å². The van der Waals surface area contributed by atoms with E-state index >= 15 is 0 Å². The van der Waals surface area contributed by atoms with Crippen molar-refractivity contribution in [3.05, 3.63) is 12.2 Å². The summed E-state index contributed by atoms with van der Waals surface area (Å²) in [5, 5.41) is 0.